The molecule has 2 aromatic rings. The van der Waals surface area contributed by atoms with Crippen LogP contribution in [0.2, 0.25) is 5.02 Å². The van der Waals surface area contributed by atoms with Crippen molar-refractivity contribution in [2.24, 2.45) is 0 Å². The van der Waals surface area contributed by atoms with E-state index in [1.807, 2.05) is 38.1 Å². The van der Waals surface area contributed by atoms with Crippen molar-refractivity contribution >= 4 is 23.3 Å². The fraction of sp³-hybridized carbons (Fsp3) is 0.316. The summed E-state index contributed by atoms with van der Waals surface area (Å²) in [7, 11) is 1.63. The maximum absolute atomic E-state index is 13.2. The molecule has 0 radical (unpaired) electrons. The number of ether oxygens (including phenoxy) is 1. The Morgan fingerprint density at radius 3 is 2.52 bits per heavy atom. The van der Waals surface area contributed by atoms with Gasteiger partial charge in [0, 0.05) is 18.3 Å². The lowest BCUT2D eigenvalue weighted by molar-refractivity contribution is 0.196. The molecule has 0 saturated carbocycles. The molecule has 0 saturated heterocycles. The molecule has 6 heteroatoms. The maximum Gasteiger partial charge on any atom is 0.322 e. The van der Waals surface area contributed by atoms with Crippen LogP contribution in [0.3, 0.4) is 0 Å². The molecular formula is C19H22ClFN2O2. The highest BCUT2D eigenvalue weighted by atomic mass is 35.5. The topological polar surface area (TPSA) is 41.6 Å². The fourth-order valence-corrected chi connectivity index (χ4v) is 2.82. The van der Waals surface area contributed by atoms with E-state index < -0.39 is 5.82 Å². The number of methoxy groups -OCH3 is 1. The van der Waals surface area contributed by atoms with Crippen LogP contribution < -0.4 is 10.1 Å². The van der Waals surface area contributed by atoms with Gasteiger partial charge >= 0.3 is 6.03 Å². The number of anilines is 1. The minimum absolute atomic E-state index is 0.00526. The van der Waals surface area contributed by atoms with E-state index >= 15 is 0 Å². The van der Waals surface area contributed by atoms with Crippen molar-refractivity contribution in [3.05, 3.63) is 58.9 Å². The third-order valence-corrected chi connectivity index (χ3v) is 4.28. The Morgan fingerprint density at radius 1 is 1.28 bits per heavy atom. The van der Waals surface area contributed by atoms with Gasteiger partial charge in [-0.2, -0.15) is 0 Å². The molecule has 2 rings (SSSR count). The van der Waals surface area contributed by atoms with Gasteiger partial charge in [-0.1, -0.05) is 23.7 Å². The summed E-state index contributed by atoms with van der Waals surface area (Å²) in [6, 6.07) is 11.6. The molecule has 0 aromatic heterocycles. The number of nitrogens with zero attached hydrogens (tertiary/aromatic N) is 1. The molecule has 1 N–H and O–H groups in total. The van der Waals surface area contributed by atoms with E-state index in [9.17, 15) is 9.18 Å². The van der Waals surface area contributed by atoms with E-state index in [4.69, 9.17) is 16.3 Å². The minimum atomic E-state index is -0.514. The zero-order chi connectivity index (χ0) is 18.4. The lowest BCUT2D eigenvalue weighted by Crippen LogP contribution is -2.42. The molecule has 0 spiro atoms. The number of hydrogen-bond donors (Lipinski definition) is 1. The number of rotatable bonds is 6. The maximum atomic E-state index is 13.2. The summed E-state index contributed by atoms with van der Waals surface area (Å²) in [4.78, 5) is 14.3. The summed E-state index contributed by atoms with van der Waals surface area (Å²) in [5, 5.41) is 2.74. The zero-order valence-corrected chi connectivity index (χ0v) is 15.3. The highest BCUT2D eigenvalue weighted by Gasteiger charge is 2.19. The quantitative estimate of drug-likeness (QED) is 0.786. The van der Waals surface area contributed by atoms with Crippen LogP contribution >= 0.6 is 11.6 Å². The molecule has 1 unspecified atom stereocenters. The van der Waals surface area contributed by atoms with Crippen LogP contribution in [-0.2, 0) is 6.42 Å². The third kappa shape index (κ3) is 5.10. The molecule has 0 aliphatic carbocycles. The first-order chi connectivity index (χ1) is 11.9. The summed E-state index contributed by atoms with van der Waals surface area (Å²) in [5.74, 6) is 0.287. The summed E-state index contributed by atoms with van der Waals surface area (Å²) in [5.41, 5.74) is 1.58. The molecule has 0 heterocycles. The number of carbonyl (C=O) groups excluding carboxylic acids is 1. The number of urea groups is 1. The molecule has 0 aliphatic rings. The van der Waals surface area contributed by atoms with E-state index in [-0.39, 0.29) is 17.1 Å². The van der Waals surface area contributed by atoms with E-state index in [1.165, 1.54) is 18.2 Å². The van der Waals surface area contributed by atoms with E-state index in [2.05, 4.69) is 5.32 Å². The average Bonchev–Trinajstić information content (AvgIpc) is 2.59. The van der Waals surface area contributed by atoms with Crippen molar-refractivity contribution in [3.8, 4) is 5.75 Å². The highest BCUT2D eigenvalue weighted by Crippen LogP contribution is 2.20. The number of carbonyl (C=O) groups is 1. The molecular weight excluding hydrogens is 343 g/mol. The lowest BCUT2D eigenvalue weighted by Gasteiger charge is -2.28. The van der Waals surface area contributed by atoms with Gasteiger partial charge in [-0.05, 0) is 56.2 Å². The number of benzene rings is 2. The largest absolute Gasteiger partial charge is 0.497 e. The van der Waals surface area contributed by atoms with Crippen molar-refractivity contribution < 1.29 is 13.9 Å². The van der Waals surface area contributed by atoms with E-state index in [1.54, 1.807) is 12.0 Å². The van der Waals surface area contributed by atoms with Gasteiger partial charge in [0.25, 0.3) is 0 Å². The third-order valence-electron chi connectivity index (χ3n) is 3.99. The van der Waals surface area contributed by atoms with Gasteiger partial charge in [0.1, 0.15) is 11.6 Å². The number of nitrogens with one attached hydrogen (secondary N) is 1. The Bertz CT molecular complexity index is 722. The predicted octanol–water partition coefficient (Wildman–Crippen LogP) is 4.97. The molecule has 134 valence electrons. The Balaban J connectivity index is 2.03. The van der Waals surface area contributed by atoms with Gasteiger partial charge in [0.05, 0.1) is 12.1 Å². The standard InChI is InChI=1S/C19H22ClFN2O2/c1-4-23(13(2)11-14-5-8-16(25-3)9-6-14)19(24)22-15-7-10-18(21)17(20)12-15/h5-10,12-13H,4,11H2,1-3H3,(H,22,24). The Morgan fingerprint density at radius 2 is 1.96 bits per heavy atom. The summed E-state index contributed by atoms with van der Waals surface area (Å²) >= 11 is 5.76. The van der Waals surface area contributed by atoms with Crippen molar-refractivity contribution in [2.45, 2.75) is 26.3 Å². The highest BCUT2D eigenvalue weighted by molar-refractivity contribution is 6.31. The van der Waals surface area contributed by atoms with Gasteiger partial charge in [0.15, 0.2) is 0 Å². The lowest BCUT2D eigenvalue weighted by atomic mass is 10.1. The van der Waals surface area contributed by atoms with Crippen molar-refractivity contribution in [2.75, 3.05) is 19.0 Å². The summed E-state index contributed by atoms with van der Waals surface area (Å²) in [6.07, 6.45) is 0.718. The van der Waals surface area contributed by atoms with Crippen LogP contribution in [-0.4, -0.2) is 30.6 Å². The second-order valence-electron chi connectivity index (χ2n) is 5.75. The summed E-state index contributed by atoms with van der Waals surface area (Å²) < 4.78 is 18.4. The molecule has 0 fully saturated rings. The Kier molecular flexibility index (Phi) is 6.65. The van der Waals surface area contributed by atoms with Crippen molar-refractivity contribution in [3.63, 3.8) is 0 Å². The van der Waals surface area contributed by atoms with E-state index in [0.29, 0.717) is 12.2 Å². The Labute approximate surface area is 152 Å². The molecule has 1 atom stereocenters. The number of amides is 2. The first kappa shape index (κ1) is 19.1. The smallest absolute Gasteiger partial charge is 0.322 e. The zero-order valence-electron chi connectivity index (χ0n) is 14.6. The van der Waals surface area contributed by atoms with Gasteiger partial charge < -0.3 is 15.0 Å². The second-order valence-corrected chi connectivity index (χ2v) is 6.15. The SMILES string of the molecule is CCN(C(=O)Nc1ccc(F)c(Cl)c1)C(C)Cc1ccc(OC)cc1. The van der Waals surface area contributed by atoms with Crippen molar-refractivity contribution in [1.29, 1.82) is 0 Å². The minimum Gasteiger partial charge on any atom is -0.497 e. The van der Waals surface area contributed by atoms with Crippen LogP contribution in [0.15, 0.2) is 42.5 Å². The number of likely N-dealkylation sites (N-methyl/N-ethyl adjacent to an activating group) is 1. The molecule has 2 aromatic carbocycles. The van der Waals surface area contributed by atoms with Crippen LogP contribution in [0.25, 0.3) is 0 Å². The van der Waals surface area contributed by atoms with Crippen LogP contribution in [0.4, 0.5) is 14.9 Å². The fourth-order valence-electron chi connectivity index (χ4n) is 2.64. The Hall–Kier alpha value is -2.27. The van der Waals surface area contributed by atoms with Gasteiger partial charge in [-0.3, -0.25) is 0 Å². The first-order valence-electron chi connectivity index (χ1n) is 8.10. The molecule has 2 amide bonds. The monoisotopic (exact) mass is 364 g/mol. The average molecular weight is 365 g/mol. The molecule has 4 nitrogen and oxygen atoms in total. The predicted molar refractivity (Wildman–Crippen MR) is 99.0 cm³/mol. The van der Waals surface area contributed by atoms with Gasteiger partial charge in [0.2, 0.25) is 0 Å². The number of hydrogen-bond acceptors (Lipinski definition) is 2. The van der Waals surface area contributed by atoms with Crippen LogP contribution in [0.1, 0.15) is 19.4 Å². The van der Waals surface area contributed by atoms with Crippen molar-refractivity contribution in [1.82, 2.24) is 4.90 Å². The molecule has 0 aliphatic heterocycles. The number of halogens is 2. The van der Waals surface area contributed by atoms with Crippen LogP contribution in [0, 0.1) is 5.82 Å². The molecule has 25 heavy (non-hydrogen) atoms. The normalized spacial score (nSPS) is 11.7. The summed E-state index contributed by atoms with van der Waals surface area (Å²) in [6.45, 7) is 4.46. The molecule has 0 bridgehead atoms. The second kappa shape index (κ2) is 8.72. The first-order valence-corrected chi connectivity index (χ1v) is 8.48. The van der Waals surface area contributed by atoms with Gasteiger partial charge in [-0.25, -0.2) is 9.18 Å². The van der Waals surface area contributed by atoms with Crippen LogP contribution in [0.5, 0.6) is 5.75 Å². The van der Waals surface area contributed by atoms with Gasteiger partial charge in [-0.15, -0.1) is 0 Å². The van der Waals surface area contributed by atoms with E-state index in [0.717, 1.165) is 17.7 Å².